The van der Waals surface area contributed by atoms with Crippen molar-refractivity contribution in [3.05, 3.63) is 0 Å². The quantitative estimate of drug-likeness (QED) is 0.762. The van der Waals surface area contributed by atoms with Crippen LogP contribution < -0.4 is 5.32 Å². The Balaban J connectivity index is 1.93. The molecule has 0 atom stereocenters. The average molecular weight is 299 g/mol. The number of alkyl carbamates (subject to hydrolysis) is 1. The van der Waals surface area contributed by atoms with Gasteiger partial charge in [-0.1, -0.05) is 19.3 Å². The number of hydrogen-bond donors (Lipinski definition) is 1. The van der Waals surface area contributed by atoms with E-state index in [-0.39, 0.29) is 0 Å². The highest BCUT2D eigenvalue weighted by Gasteiger charge is 2.29. The van der Waals surface area contributed by atoms with Gasteiger partial charge in [-0.3, -0.25) is 0 Å². The molecule has 3 nitrogen and oxygen atoms in total. The standard InChI is InChI=1S/C12H20F3NO2S/c13-12(14,15)9-18-11(17)16-6-7-19-8-10-4-2-1-3-5-10/h10H,1-9H2,(H,16,17). The lowest BCUT2D eigenvalue weighted by Crippen LogP contribution is -2.30. The first kappa shape index (κ1) is 16.5. The summed E-state index contributed by atoms with van der Waals surface area (Å²) < 4.78 is 39.3. The van der Waals surface area contributed by atoms with Gasteiger partial charge in [0.1, 0.15) is 0 Å². The normalized spacial score (nSPS) is 17.2. The second-order valence-electron chi connectivity index (χ2n) is 4.70. The van der Waals surface area contributed by atoms with Crippen LogP contribution in [0.3, 0.4) is 0 Å². The molecular weight excluding hydrogens is 279 g/mol. The molecule has 1 amide bonds. The predicted molar refractivity (Wildman–Crippen MR) is 69.3 cm³/mol. The lowest BCUT2D eigenvalue weighted by molar-refractivity contribution is -0.160. The van der Waals surface area contributed by atoms with Crippen molar-refractivity contribution >= 4 is 17.9 Å². The van der Waals surface area contributed by atoms with Gasteiger partial charge in [0.2, 0.25) is 0 Å². The number of amides is 1. The maximum absolute atomic E-state index is 11.8. The number of halogens is 3. The lowest BCUT2D eigenvalue weighted by Gasteiger charge is -2.20. The molecule has 19 heavy (non-hydrogen) atoms. The van der Waals surface area contributed by atoms with Crippen molar-refractivity contribution in [1.82, 2.24) is 5.32 Å². The van der Waals surface area contributed by atoms with Crippen LogP contribution in [0.15, 0.2) is 0 Å². The number of rotatable bonds is 6. The second kappa shape index (κ2) is 8.55. The van der Waals surface area contributed by atoms with Crippen LogP contribution in [0.25, 0.3) is 0 Å². The Hall–Kier alpha value is -0.590. The molecule has 1 rings (SSSR count). The lowest BCUT2D eigenvalue weighted by atomic mass is 9.91. The summed E-state index contributed by atoms with van der Waals surface area (Å²) >= 11 is 1.73. The van der Waals surface area contributed by atoms with Crippen LogP contribution in [0.5, 0.6) is 0 Å². The number of carbonyl (C=O) groups excluding carboxylic acids is 1. The van der Waals surface area contributed by atoms with E-state index in [2.05, 4.69) is 10.1 Å². The van der Waals surface area contributed by atoms with Crippen LogP contribution in [-0.2, 0) is 4.74 Å². The van der Waals surface area contributed by atoms with Crippen molar-refractivity contribution in [3.63, 3.8) is 0 Å². The van der Waals surface area contributed by atoms with Gasteiger partial charge < -0.3 is 10.1 Å². The fourth-order valence-corrected chi connectivity index (χ4v) is 3.11. The molecule has 0 radical (unpaired) electrons. The molecule has 1 aliphatic rings. The highest BCUT2D eigenvalue weighted by atomic mass is 32.2. The van der Waals surface area contributed by atoms with Gasteiger partial charge in [-0.05, 0) is 24.5 Å². The zero-order chi connectivity index (χ0) is 14.1. The van der Waals surface area contributed by atoms with E-state index in [1.165, 1.54) is 32.1 Å². The molecule has 0 aromatic carbocycles. The van der Waals surface area contributed by atoms with E-state index < -0.39 is 18.9 Å². The van der Waals surface area contributed by atoms with Gasteiger partial charge in [0.15, 0.2) is 6.61 Å². The van der Waals surface area contributed by atoms with E-state index in [4.69, 9.17) is 0 Å². The van der Waals surface area contributed by atoms with Crippen LogP contribution in [-0.4, -0.2) is 36.9 Å². The minimum Gasteiger partial charge on any atom is -0.440 e. The van der Waals surface area contributed by atoms with Crippen molar-refractivity contribution in [2.24, 2.45) is 5.92 Å². The molecule has 0 aromatic rings. The third-order valence-electron chi connectivity index (χ3n) is 2.96. The van der Waals surface area contributed by atoms with Crippen molar-refractivity contribution in [3.8, 4) is 0 Å². The SMILES string of the molecule is O=C(NCCSCC1CCCCC1)OCC(F)(F)F. The molecule has 0 saturated heterocycles. The van der Waals surface area contributed by atoms with Gasteiger partial charge in [0.05, 0.1) is 0 Å². The van der Waals surface area contributed by atoms with Crippen LogP contribution in [0.2, 0.25) is 0 Å². The van der Waals surface area contributed by atoms with Crippen LogP contribution in [0.4, 0.5) is 18.0 Å². The Morgan fingerprint density at radius 2 is 1.95 bits per heavy atom. The van der Waals surface area contributed by atoms with Gasteiger partial charge in [0, 0.05) is 12.3 Å². The zero-order valence-corrected chi connectivity index (χ0v) is 11.6. The molecule has 0 aliphatic heterocycles. The number of alkyl halides is 3. The predicted octanol–water partition coefficient (Wildman–Crippen LogP) is 3.59. The Bertz CT molecular complexity index is 268. The molecule has 1 N–H and O–H groups in total. The first-order valence-electron chi connectivity index (χ1n) is 6.52. The Kier molecular flexibility index (Phi) is 7.41. The van der Waals surface area contributed by atoms with Gasteiger partial charge in [0.25, 0.3) is 0 Å². The van der Waals surface area contributed by atoms with E-state index in [9.17, 15) is 18.0 Å². The largest absolute Gasteiger partial charge is 0.440 e. The summed E-state index contributed by atoms with van der Waals surface area (Å²) in [4.78, 5) is 10.9. The third-order valence-corrected chi connectivity index (χ3v) is 4.16. The summed E-state index contributed by atoms with van der Waals surface area (Å²) in [6, 6.07) is 0. The zero-order valence-electron chi connectivity index (χ0n) is 10.8. The third kappa shape index (κ3) is 9.02. The highest BCUT2D eigenvalue weighted by Crippen LogP contribution is 2.26. The molecule has 0 heterocycles. The maximum atomic E-state index is 11.8. The summed E-state index contributed by atoms with van der Waals surface area (Å²) in [5.74, 6) is 2.53. The summed E-state index contributed by atoms with van der Waals surface area (Å²) in [5, 5.41) is 2.31. The number of nitrogens with one attached hydrogen (secondary N) is 1. The smallest absolute Gasteiger partial charge is 0.422 e. The van der Waals surface area contributed by atoms with Crippen molar-refractivity contribution in [1.29, 1.82) is 0 Å². The van der Waals surface area contributed by atoms with Crippen molar-refractivity contribution < 1.29 is 22.7 Å². The van der Waals surface area contributed by atoms with E-state index >= 15 is 0 Å². The Labute approximate surface area is 115 Å². The number of thioether (sulfide) groups is 1. The van der Waals surface area contributed by atoms with Crippen LogP contribution >= 0.6 is 11.8 Å². The van der Waals surface area contributed by atoms with Gasteiger partial charge >= 0.3 is 12.3 Å². The molecule has 7 heteroatoms. The first-order valence-corrected chi connectivity index (χ1v) is 7.68. The first-order chi connectivity index (χ1) is 8.97. The second-order valence-corrected chi connectivity index (χ2v) is 5.85. The molecule has 1 fully saturated rings. The fraction of sp³-hybridized carbons (Fsp3) is 0.917. The maximum Gasteiger partial charge on any atom is 0.422 e. The molecule has 0 bridgehead atoms. The van der Waals surface area contributed by atoms with E-state index in [0.717, 1.165) is 11.7 Å². The van der Waals surface area contributed by atoms with Crippen LogP contribution in [0, 0.1) is 5.92 Å². The monoisotopic (exact) mass is 299 g/mol. The van der Waals surface area contributed by atoms with E-state index in [1.54, 1.807) is 11.8 Å². The van der Waals surface area contributed by atoms with Crippen molar-refractivity contribution in [2.75, 3.05) is 24.7 Å². The van der Waals surface area contributed by atoms with Gasteiger partial charge in [-0.25, -0.2) is 4.79 Å². The van der Waals surface area contributed by atoms with Gasteiger partial charge in [-0.2, -0.15) is 24.9 Å². The Morgan fingerprint density at radius 1 is 1.26 bits per heavy atom. The molecule has 112 valence electrons. The molecule has 1 aliphatic carbocycles. The van der Waals surface area contributed by atoms with Gasteiger partial charge in [-0.15, -0.1) is 0 Å². The Morgan fingerprint density at radius 3 is 2.58 bits per heavy atom. The number of carbonyl (C=O) groups is 1. The molecule has 0 unspecified atom stereocenters. The molecule has 0 aromatic heterocycles. The highest BCUT2D eigenvalue weighted by molar-refractivity contribution is 7.99. The van der Waals surface area contributed by atoms with Crippen molar-refractivity contribution in [2.45, 2.75) is 38.3 Å². The van der Waals surface area contributed by atoms with E-state index in [0.29, 0.717) is 12.3 Å². The summed E-state index contributed by atoms with van der Waals surface area (Å²) in [5.41, 5.74) is 0. The molecular formula is C12H20F3NO2S. The average Bonchev–Trinajstić information content (AvgIpc) is 2.36. The summed E-state index contributed by atoms with van der Waals surface area (Å²) in [6.07, 6.45) is 0.999. The van der Waals surface area contributed by atoms with E-state index in [1.807, 2.05) is 0 Å². The number of ether oxygens (including phenoxy) is 1. The summed E-state index contributed by atoms with van der Waals surface area (Å²) in [6.45, 7) is -1.19. The summed E-state index contributed by atoms with van der Waals surface area (Å²) in [7, 11) is 0. The molecule has 1 saturated carbocycles. The van der Waals surface area contributed by atoms with Crippen LogP contribution in [0.1, 0.15) is 32.1 Å². The minimum atomic E-state index is -4.47. The fourth-order valence-electron chi connectivity index (χ4n) is 2.03. The molecule has 0 spiro atoms. The minimum absolute atomic E-state index is 0.341. The topological polar surface area (TPSA) is 38.3 Å². The number of hydrogen-bond acceptors (Lipinski definition) is 3.